The van der Waals surface area contributed by atoms with E-state index in [0.29, 0.717) is 11.3 Å². The van der Waals surface area contributed by atoms with Crippen LogP contribution in [0.2, 0.25) is 0 Å². The lowest BCUT2D eigenvalue weighted by atomic mass is 10.1. The summed E-state index contributed by atoms with van der Waals surface area (Å²) in [7, 11) is 1.60. The maximum atomic E-state index is 12.7. The monoisotopic (exact) mass is 286 g/mol. The predicted molar refractivity (Wildman–Crippen MR) is 79.1 cm³/mol. The molecule has 0 saturated carbocycles. The molecule has 1 aliphatic rings. The Hall–Kier alpha value is -2.14. The number of fused-ring (bicyclic) bond motifs is 1. The minimum atomic E-state index is -0.466. The lowest BCUT2D eigenvalue weighted by molar-refractivity contribution is -0.121. The molecule has 0 radical (unpaired) electrons. The van der Waals surface area contributed by atoms with Gasteiger partial charge in [-0.2, -0.15) is 0 Å². The summed E-state index contributed by atoms with van der Waals surface area (Å²) in [4.78, 5) is 27.0. The Morgan fingerprint density at radius 2 is 2.05 bits per heavy atom. The third kappa shape index (κ3) is 2.00. The minimum Gasteiger partial charge on any atom is -0.357 e. The number of nitrogens with zero attached hydrogens (tertiary/aromatic N) is 1. The Balaban J connectivity index is 2.03. The van der Waals surface area contributed by atoms with Crippen LogP contribution in [-0.2, 0) is 11.2 Å². The number of carbonyl (C=O) groups excluding carboxylic acids is 2. The zero-order valence-electron chi connectivity index (χ0n) is 11.0. The molecule has 2 heterocycles. The molecule has 0 saturated heterocycles. The molecule has 1 N–H and O–H groups in total. The second kappa shape index (κ2) is 5.09. The summed E-state index contributed by atoms with van der Waals surface area (Å²) in [5, 5.41) is 4.51. The van der Waals surface area contributed by atoms with Crippen LogP contribution >= 0.6 is 11.3 Å². The van der Waals surface area contributed by atoms with Gasteiger partial charge in [-0.3, -0.25) is 14.5 Å². The van der Waals surface area contributed by atoms with Gasteiger partial charge in [-0.15, -0.1) is 11.3 Å². The summed E-state index contributed by atoms with van der Waals surface area (Å²) >= 11 is 1.39. The number of carbonyl (C=O) groups is 2. The summed E-state index contributed by atoms with van der Waals surface area (Å²) in [5.74, 6) is -0.246. The Morgan fingerprint density at radius 3 is 2.75 bits per heavy atom. The average molecular weight is 286 g/mol. The van der Waals surface area contributed by atoms with Gasteiger partial charge in [0.25, 0.3) is 5.91 Å². The molecule has 3 rings (SSSR count). The minimum absolute atomic E-state index is 0.112. The first-order chi connectivity index (χ1) is 9.72. The molecule has 2 amide bonds. The van der Waals surface area contributed by atoms with Crippen LogP contribution < -0.4 is 10.2 Å². The normalized spacial score (nSPS) is 16.9. The van der Waals surface area contributed by atoms with Crippen LogP contribution in [0.3, 0.4) is 0 Å². The number of hydrogen-bond donors (Lipinski definition) is 1. The van der Waals surface area contributed by atoms with Gasteiger partial charge in [0.2, 0.25) is 5.91 Å². The highest BCUT2D eigenvalue weighted by atomic mass is 32.1. The van der Waals surface area contributed by atoms with Gasteiger partial charge in [-0.1, -0.05) is 24.3 Å². The second-order valence-electron chi connectivity index (χ2n) is 4.62. The van der Waals surface area contributed by atoms with Crippen molar-refractivity contribution < 1.29 is 9.59 Å². The van der Waals surface area contributed by atoms with Crippen molar-refractivity contribution >= 4 is 28.8 Å². The van der Waals surface area contributed by atoms with Gasteiger partial charge in [0.05, 0.1) is 4.88 Å². The summed E-state index contributed by atoms with van der Waals surface area (Å²) in [6.07, 6.45) is 0.562. The first kappa shape index (κ1) is 12.9. The fraction of sp³-hybridized carbons (Fsp3) is 0.200. The number of hydrogen-bond acceptors (Lipinski definition) is 3. The molecule has 1 aromatic heterocycles. The van der Waals surface area contributed by atoms with Crippen molar-refractivity contribution in [2.24, 2.45) is 0 Å². The highest BCUT2D eigenvalue weighted by molar-refractivity contribution is 7.12. The van der Waals surface area contributed by atoms with E-state index in [0.717, 1.165) is 11.3 Å². The first-order valence-electron chi connectivity index (χ1n) is 6.39. The van der Waals surface area contributed by atoms with Crippen LogP contribution in [0.5, 0.6) is 0 Å². The fourth-order valence-electron chi connectivity index (χ4n) is 2.53. The summed E-state index contributed by atoms with van der Waals surface area (Å²) in [5.41, 5.74) is 1.87. The Kier molecular flexibility index (Phi) is 3.28. The SMILES string of the molecule is CNC(=O)C1Cc2ccccc2N1C(=O)c1cccs1. The highest BCUT2D eigenvalue weighted by Gasteiger charge is 2.38. The third-order valence-corrected chi connectivity index (χ3v) is 4.33. The van der Waals surface area contributed by atoms with Crippen LogP contribution in [0.25, 0.3) is 0 Å². The van der Waals surface area contributed by atoms with Crippen molar-refractivity contribution in [3.8, 4) is 0 Å². The van der Waals surface area contributed by atoms with Crippen LogP contribution in [-0.4, -0.2) is 24.9 Å². The van der Waals surface area contributed by atoms with E-state index in [9.17, 15) is 9.59 Å². The molecule has 2 aromatic rings. The zero-order valence-corrected chi connectivity index (χ0v) is 11.8. The Morgan fingerprint density at radius 1 is 1.25 bits per heavy atom. The molecule has 4 nitrogen and oxygen atoms in total. The average Bonchev–Trinajstić information content (AvgIpc) is 3.12. The molecule has 5 heteroatoms. The Labute approximate surface area is 121 Å². The van der Waals surface area contributed by atoms with Gasteiger partial charge in [0.1, 0.15) is 6.04 Å². The molecule has 1 aliphatic heterocycles. The molecule has 1 atom stereocenters. The maximum Gasteiger partial charge on any atom is 0.269 e. The highest BCUT2D eigenvalue weighted by Crippen LogP contribution is 2.33. The number of likely N-dealkylation sites (N-methyl/N-ethyl adjacent to an activating group) is 1. The third-order valence-electron chi connectivity index (χ3n) is 3.48. The summed E-state index contributed by atoms with van der Waals surface area (Å²) in [6, 6.07) is 10.8. The van der Waals surface area contributed by atoms with E-state index >= 15 is 0 Å². The summed E-state index contributed by atoms with van der Waals surface area (Å²) < 4.78 is 0. The van der Waals surface area contributed by atoms with Crippen LogP contribution in [0.4, 0.5) is 5.69 Å². The van der Waals surface area contributed by atoms with Crippen LogP contribution in [0.15, 0.2) is 41.8 Å². The molecule has 0 spiro atoms. The standard InChI is InChI=1S/C15H14N2O2S/c1-16-14(18)12-9-10-5-2-3-6-11(10)17(12)15(19)13-7-4-8-20-13/h2-8,12H,9H2,1H3,(H,16,18). The van der Waals surface area contributed by atoms with Gasteiger partial charge in [-0.05, 0) is 23.1 Å². The van der Waals surface area contributed by atoms with Gasteiger partial charge in [-0.25, -0.2) is 0 Å². The second-order valence-corrected chi connectivity index (χ2v) is 5.56. The van der Waals surface area contributed by atoms with Crippen molar-refractivity contribution in [3.63, 3.8) is 0 Å². The number of nitrogens with one attached hydrogen (secondary N) is 1. The lowest BCUT2D eigenvalue weighted by Crippen LogP contribution is -2.47. The molecule has 0 fully saturated rings. The molecule has 1 aromatic carbocycles. The van der Waals surface area contributed by atoms with Crippen molar-refractivity contribution in [1.82, 2.24) is 5.32 Å². The number of anilines is 1. The quantitative estimate of drug-likeness (QED) is 0.918. The van der Waals surface area contributed by atoms with Gasteiger partial charge in [0.15, 0.2) is 0 Å². The zero-order chi connectivity index (χ0) is 14.1. The first-order valence-corrected chi connectivity index (χ1v) is 7.27. The molecular formula is C15H14N2O2S. The van der Waals surface area contributed by atoms with Gasteiger partial charge in [0, 0.05) is 19.2 Å². The van der Waals surface area contributed by atoms with E-state index < -0.39 is 6.04 Å². The van der Waals surface area contributed by atoms with Gasteiger partial charge >= 0.3 is 0 Å². The van der Waals surface area contributed by atoms with E-state index in [2.05, 4.69) is 5.32 Å². The number of amides is 2. The molecule has 1 unspecified atom stereocenters. The number of thiophene rings is 1. The molecule has 0 bridgehead atoms. The number of para-hydroxylation sites is 1. The fourth-order valence-corrected chi connectivity index (χ4v) is 3.19. The van der Waals surface area contributed by atoms with E-state index in [1.54, 1.807) is 18.0 Å². The number of rotatable bonds is 2. The molecule has 0 aliphatic carbocycles. The number of benzene rings is 1. The topological polar surface area (TPSA) is 49.4 Å². The predicted octanol–water partition coefficient (Wildman–Crippen LogP) is 2.07. The maximum absolute atomic E-state index is 12.7. The summed E-state index contributed by atoms with van der Waals surface area (Å²) in [6.45, 7) is 0. The van der Waals surface area contributed by atoms with Gasteiger partial charge < -0.3 is 5.32 Å². The largest absolute Gasteiger partial charge is 0.357 e. The Bertz CT molecular complexity index is 652. The van der Waals surface area contributed by atoms with E-state index in [-0.39, 0.29) is 11.8 Å². The van der Waals surface area contributed by atoms with Crippen molar-refractivity contribution in [1.29, 1.82) is 0 Å². The van der Waals surface area contributed by atoms with E-state index in [1.165, 1.54) is 11.3 Å². The van der Waals surface area contributed by atoms with E-state index in [1.807, 2.05) is 35.7 Å². The van der Waals surface area contributed by atoms with Crippen LogP contribution in [0.1, 0.15) is 15.2 Å². The smallest absolute Gasteiger partial charge is 0.269 e. The molecule has 20 heavy (non-hydrogen) atoms. The molecular weight excluding hydrogens is 272 g/mol. The van der Waals surface area contributed by atoms with Crippen LogP contribution in [0, 0.1) is 0 Å². The van der Waals surface area contributed by atoms with Crippen molar-refractivity contribution in [2.75, 3.05) is 11.9 Å². The van der Waals surface area contributed by atoms with Crippen molar-refractivity contribution in [3.05, 3.63) is 52.2 Å². The van der Waals surface area contributed by atoms with E-state index in [4.69, 9.17) is 0 Å². The van der Waals surface area contributed by atoms with Crippen molar-refractivity contribution in [2.45, 2.75) is 12.5 Å². The molecule has 102 valence electrons. The lowest BCUT2D eigenvalue weighted by Gasteiger charge is -2.23.